The van der Waals surface area contributed by atoms with Crippen LogP contribution in [0.3, 0.4) is 0 Å². The summed E-state index contributed by atoms with van der Waals surface area (Å²) in [6, 6.07) is 8.47. The monoisotopic (exact) mass is 382 g/mol. The van der Waals surface area contributed by atoms with E-state index in [2.05, 4.69) is 19.2 Å². The van der Waals surface area contributed by atoms with Crippen molar-refractivity contribution in [2.24, 2.45) is 0 Å². The van der Waals surface area contributed by atoms with Gasteiger partial charge in [0.25, 0.3) is 5.91 Å². The average molecular weight is 382 g/mol. The van der Waals surface area contributed by atoms with Crippen LogP contribution in [0.5, 0.6) is 0 Å². The van der Waals surface area contributed by atoms with Gasteiger partial charge in [0.2, 0.25) is 0 Å². The van der Waals surface area contributed by atoms with E-state index in [1.165, 1.54) is 6.26 Å². The van der Waals surface area contributed by atoms with Crippen LogP contribution in [0.1, 0.15) is 73.7 Å². The van der Waals surface area contributed by atoms with Gasteiger partial charge >= 0.3 is 6.03 Å². The highest BCUT2D eigenvalue weighted by molar-refractivity contribution is 6.11. The third-order valence-electron chi connectivity index (χ3n) is 5.26. The molecule has 6 heteroatoms. The number of imide groups is 1. The molecule has 2 aromatic rings. The lowest BCUT2D eigenvalue weighted by molar-refractivity contribution is -0.131. The Kier molecular flexibility index (Phi) is 5.15. The van der Waals surface area contributed by atoms with Crippen molar-refractivity contribution in [3.63, 3.8) is 0 Å². The minimum Gasteiger partial charge on any atom is -0.466 e. The van der Waals surface area contributed by atoms with Gasteiger partial charge in [-0.1, -0.05) is 45.9 Å². The lowest BCUT2D eigenvalue weighted by Crippen LogP contribution is -2.41. The third kappa shape index (κ3) is 3.35. The first kappa shape index (κ1) is 19.9. The van der Waals surface area contributed by atoms with Crippen LogP contribution in [-0.2, 0) is 10.3 Å². The second-order valence-corrected chi connectivity index (χ2v) is 8.00. The standard InChI is InChI=1S/C22H26N2O4/c1-13(2)15-8-9-16(17(11-15)14(3)4)18(25)12-24-20(26)22(5,23-21(24)27)19-7-6-10-28-19/h6-11,13-14H,12H2,1-5H3,(H,23,27). The van der Waals surface area contributed by atoms with E-state index in [-0.39, 0.29) is 18.2 Å². The van der Waals surface area contributed by atoms with Crippen LogP contribution >= 0.6 is 0 Å². The van der Waals surface area contributed by atoms with E-state index in [1.807, 2.05) is 26.0 Å². The molecule has 3 amide bonds. The fraction of sp³-hybridized carbons (Fsp3) is 0.409. The minimum atomic E-state index is -1.30. The molecule has 0 radical (unpaired) electrons. The van der Waals surface area contributed by atoms with Gasteiger partial charge in [0.15, 0.2) is 11.3 Å². The predicted octanol–water partition coefficient (Wildman–Crippen LogP) is 4.18. The van der Waals surface area contributed by atoms with E-state index in [4.69, 9.17) is 4.42 Å². The van der Waals surface area contributed by atoms with Crippen molar-refractivity contribution in [2.75, 3.05) is 6.54 Å². The van der Waals surface area contributed by atoms with E-state index in [1.54, 1.807) is 25.1 Å². The number of hydrogen-bond acceptors (Lipinski definition) is 4. The highest BCUT2D eigenvalue weighted by atomic mass is 16.3. The normalized spacial score (nSPS) is 19.6. The summed E-state index contributed by atoms with van der Waals surface area (Å²) in [5.74, 6) is 0.0811. The highest BCUT2D eigenvalue weighted by Gasteiger charge is 2.51. The molecule has 1 aliphatic heterocycles. The third-order valence-corrected chi connectivity index (χ3v) is 5.26. The van der Waals surface area contributed by atoms with Gasteiger partial charge in [0.1, 0.15) is 5.76 Å². The summed E-state index contributed by atoms with van der Waals surface area (Å²) in [4.78, 5) is 39.3. The molecular weight excluding hydrogens is 356 g/mol. The molecule has 2 heterocycles. The maximum absolute atomic E-state index is 13.0. The molecule has 1 fully saturated rings. The van der Waals surface area contributed by atoms with E-state index >= 15 is 0 Å². The molecule has 1 aromatic heterocycles. The number of furan rings is 1. The van der Waals surface area contributed by atoms with Crippen molar-refractivity contribution in [1.82, 2.24) is 10.2 Å². The molecule has 3 rings (SSSR count). The molecule has 0 aliphatic carbocycles. The molecule has 148 valence electrons. The lowest BCUT2D eigenvalue weighted by Gasteiger charge is -2.20. The Bertz CT molecular complexity index is 915. The number of ketones is 1. The zero-order valence-corrected chi connectivity index (χ0v) is 16.9. The van der Waals surface area contributed by atoms with E-state index < -0.39 is 17.5 Å². The van der Waals surface area contributed by atoms with Gasteiger partial charge < -0.3 is 9.73 Å². The van der Waals surface area contributed by atoms with Crippen LogP contribution in [0, 0.1) is 0 Å². The molecule has 1 unspecified atom stereocenters. The number of carbonyl (C=O) groups excluding carboxylic acids is 3. The van der Waals surface area contributed by atoms with Crippen LogP contribution < -0.4 is 5.32 Å². The van der Waals surface area contributed by atoms with Crippen LogP contribution in [0.25, 0.3) is 0 Å². The largest absolute Gasteiger partial charge is 0.466 e. The number of Topliss-reactive ketones (excluding diaryl/α,β-unsaturated/α-hetero) is 1. The summed E-state index contributed by atoms with van der Waals surface area (Å²) in [6.45, 7) is 9.53. The molecule has 1 N–H and O–H groups in total. The van der Waals surface area contributed by atoms with Crippen molar-refractivity contribution < 1.29 is 18.8 Å². The fourth-order valence-electron chi connectivity index (χ4n) is 3.47. The zero-order chi connectivity index (χ0) is 20.6. The van der Waals surface area contributed by atoms with Gasteiger partial charge in [0.05, 0.1) is 12.8 Å². The molecule has 1 saturated heterocycles. The van der Waals surface area contributed by atoms with Crippen molar-refractivity contribution in [3.8, 4) is 0 Å². The van der Waals surface area contributed by atoms with Gasteiger partial charge in [-0.3, -0.25) is 14.5 Å². The Labute approximate surface area is 164 Å². The number of carbonyl (C=O) groups is 3. The molecule has 28 heavy (non-hydrogen) atoms. The van der Waals surface area contributed by atoms with Crippen molar-refractivity contribution in [2.45, 2.75) is 52.0 Å². The Hall–Kier alpha value is -2.89. The minimum absolute atomic E-state index is 0.147. The van der Waals surface area contributed by atoms with E-state index in [0.717, 1.165) is 16.0 Å². The summed E-state index contributed by atoms with van der Waals surface area (Å²) in [6.07, 6.45) is 1.44. The molecular formula is C22H26N2O4. The number of urea groups is 1. The highest BCUT2D eigenvalue weighted by Crippen LogP contribution is 2.30. The molecule has 1 aromatic carbocycles. The Morgan fingerprint density at radius 1 is 1.14 bits per heavy atom. The number of nitrogens with zero attached hydrogens (tertiary/aromatic N) is 1. The summed E-state index contributed by atoms with van der Waals surface area (Å²) >= 11 is 0. The molecule has 0 saturated carbocycles. The molecule has 6 nitrogen and oxygen atoms in total. The maximum Gasteiger partial charge on any atom is 0.325 e. The second kappa shape index (κ2) is 7.26. The summed E-state index contributed by atoms with van der Waals surface area (Å²) in [5, 5.41) is 2.64. The summed E-state index contributed by atoms with van der Waals surface area (Å²) in [5.41, 5.74) is 1.33. The smallest absolute Gasteiger partial charge is 0.325 e. The van der Waals surface area contributed by atoms with Gasteiger partial charge in [-0.15, -0.1) is 0 Å². The van der Waals surface area contributed by atoms with Crippen LogP contribution in [0.4, 0.5) is 4.79 Å². The number of amides is 3. The zero-order valence-electron chi connectivity index (χ0n) is 16.9. The lowest BCUT2D eigenvalue weighted by atomic mass is 9.90. The first-order chi connectivity index (χ1) is 13.1. The van der Waals surface area contributed by atoms with Crippen LogP contribution in [0.2, 0.25) is 0 Å². The van der Waals surface area contributed by atoms with Gasteiger partial charge in [0, 0.05) is 5.56 Å². The van der Waals surface area contributed by atoms with Crippen molar-refractivity contribution >= 4 is 17.7 Å². The first-order valence-electron chi connectivity index (χ1n) is 9.50. The number of rotatable bonds is 6. The Morgan fingerprint density at radius 2 is 1.86 bits per heavy atom. The molecule has 0 spiro atoms. The van der Waals surface area contributed by atoms with Crippen LogP contribution in [0.15, 0.2) is 41.0 Å². The van der Waals surface area contributed by atoms with Gasteiger partial charge in [-0.25, -0.2) is 4.79 Å². The summed E-state index contributed by atoms with van der Waals surface area (Å²) < 4.78 is 5.32. The second-order valence-electron chi connectivity index (χ2n) is 8.00. The Morgan fingerprint density at radius 3 is 2.43 bits per heavy atom. The number of nitrogens with one attached hydrogen (secondary N) is 1. The van der Waals surface area contributed by atoms with Crippen molar-refractivity contribution in [3.05, 3.63) is 59.0 Å². The molecule has 0 bridgehead atoms. The number of benzene rings is 1. The topological polar surface area (TPSA) is 79.6 Å². The van der Waals surface area contributed by atoms with Crippen molar-refractivity contribution in [1.29, 1.82) is 0 Å². The van der Waals surface area contributed by atoms with E-state index in [9.17, 15) is 14.4 Å². The van der Waals surface area contributed by atoms with Gasteiger partial charge in [-0.05, 0) is 42.0 Å². The maximum atomic E-state index is 13.0. The predicted molar refractivity (Wildman–Crippen MR) is 105 cm³/mol. The quantitative estimate of drug-likeness (QED) is 0.600. The average Bonchev–Trinajstić information content (AvgIpc) is 3.25. The molecule has 1 atom stereocenters. The number of hydrogen-bond donors (Lipinski definition) is 1. The SMILES string of the molecule is CC(C)c1ccc(C(=O)CN2C(=O)NC(C)(c3ccco3)C2=O)c(C(C)C)c1. The van der Waals surface area contributed by atoms with Gasteiger partial charge in [-0.2, -0.15) is 0 Å². The Balaban J connectivity index is 1.87. The van der Waals surface area contributed by atoms with Crippen LogP contribution in [-0.4, -0.2) is 29.2 Å². The van der Waals surface area contributed by atoms with E-state index in [0.29, 0.717) is 17.2 Å². The first-order valence-corrected chi connectivity index (χ1v) is 9.50. The fourth-order valence-corrected chi connectivity index (χ4v) is 3.47. The summed E-state index contributed by atoms with van der Waals surface area (Å²) in [7, 11) is 0. The molecule has 1 aliphatic rings.